The molecule has 0 saturated carbocycles. The minimum absolute atomic E-state index is 0.131. The van der Waals surface area contributed by atoms with Gasteiger partial charge in [0.05, 0.1) is 11.0 Å². The molecule has 0 fully saturated rings. The fourth-order valence-corrected chi connectivity index (χ4v) is 2.18. The van der Waals surface area contributed by atoms with Crippen molar-refractivity contribution in [2.75, 3.05) is 0 Å². The highest BCUT2D eigenvalue weighted by Crippen LogP contribution is 2.25. The quantitative estimate of drug-likeness (QED) is 0.525. The van der Waals surface area contributed by atoms with Crippen LogP contribution in [0, 0.1) is 15.9 Å². The second-order valence-corrected chi connectivity index (χ2v) is 7.18. The second kappa shape index (κ2) is 5.85. The minimum atomic E-state index is -1.38. The summed E-state index contributed by atoms with van der Waals surface area (Å²) in [6, 6.07) is 2.73. The molecular weight excluding hydrogens is 271 g/mol. The van der Waals surface area contributed by atoms with Crippen LogP contribution in [0.4, 0.5) is 10.1 Å². The van der Waals surface area contributed by atoms with Gasteiger partial charge in [-0.2, -0.15) is 0 Å². The van der Waals surface area contributed by atoms with Crippen molar-refractivity contribution in [1.82, 2.24) is 4.72 Å². The zero-order chi connectivity index (χ0) is 14.8. The first kappa shape index (κ1) is 15.9. The molecule has 0 heterocycles. The highest BCUT2D eigenvalue weighted by Gasteiger charge is 2.29. The molecule has 1 rings (SSSR count). The van der Waals surface area contributed by atoms with E-state index in [9.17, 15) is 19.1 Å². The molecule has 0 bridgehead atoms. The van der Waals surface area contributed by atoms with E-state index in [-0.39, 0.29) is 11.3 Å². The van der Waals surface area contributed by atoms with E-state index in [2.05, 4.69) is 4.72 Å². The molecule has 2 atom stereocenters. The van der Waals surface area contributed by atoms with E-state index in [4.69, 9.17) is 0 Å². The summed E-state index contributed by atoms with van der Waals surface area (Å²) >= 11 is -1.38. The van der Waals surface area contributed by atoms with Gasteiger partial charge in [-0.15, -0.1) is 4.72 Å². The Hall–Kier alpha value is -1.18. The van der Waals surface area contributed by atoms with E-state index in [1.807, 2.05) is 0 Å². The number of nitro groups is 1. The summed E-state index contributed by atoms with van der Waals surface area (Å²) in [5.74, 6) is -0.559. The lowest BCUT2D eigenvalue weighted by molar-refractivity contribution is -0.385. The van der Waals surface area contributed by atoms with Crippen LogP contribution in [-0.2, 0) is 11.4 Å². The van der Waals surface area contributed by atoms with Crippen molar-refractivity contribution in [3.8, 4) is 0 Å². The first-order valence-electron chi connectivity index (χ1n) is 5.75. The predicted molar refractivity (Wildman–Crippen MR) is 72.5 cm³/mol. The van der Waals surface area contributed by atoms with Crippen molar-refractivity contribution >= 4 is 17.0 Å². The third-order valence-corrected chi connectivity index (χ3v) is 4.18. The average molecular weight is 288 g/mol. The fraction of sp³-hybridized carbons (Fsp3) is 0.500. The Labute approximate surface area is 114 Å². The van der Waals surface area contributed by atoms with E-state index >= 15 is 0 Å². The van der Waals surface area contributed by atoms with E-state index in [0.29, 0.717) is 0 Å². The monoisotopic (exact) mass is 288 g/mol. The number of nitrogens with one attached hydrogen (secondary N) is 1. The summed E-state index contributed by atoms with van der Waals surface area (Å²) in [6.07, 6.45) is 0. The number of hydrogen-bond acceptors (Lipinski definition) is 4. The van der Waals surface area contributed by atoms with Crippen molar-refractivity contribution in [3.05, 3.63) is 39.7 Å². The molecule has 0 aromatic heterocycles. The highest BCUT2D eigenvalue weighted by molar-refractivity contribution is 7.90. The molecule has 7 heteroatoms. The van der Waals surface area contributed by atoms with Gasteiger partial charge in [0.1, 0.15) is 10.6 Å². The molecule has 0 spiro atoms. The number of hydrogen-bond donors (Lipinski definition) is 1. The van der Waals surface area contributed by atoms with Gasteiger partial charge in [-0.1, -0.05) is 0 Å². The number of nitro benzene ring substituents is 1. The number of benzene rings is 1. The third-order valence-electron chi connectivity index (χ3n) is 2.50. The van der Waals surface area contributed by atoms with Gasteiger partial charge in [0, 0.05) is 29.1 Å². The van der Waals surface area contributed by atoms with Gasteiger partial charge < -0.3 is 4.55 Å². The molecule has 1 unspecified atom stereocenters. The van der Waals surface area contributed by atoms with Gasteiger partial charge in [0.25, 0.3) is 5.69 Å². The van der Waals surface area contributed by atoms with Crippen molar-refractivity contribution in [2.45, 2.75) is 38.5 Å². The predicted octanol–water partition coefficient (Wildman–Crippen LogP) is 2.85. The highest BCUT2D eigenvalue weighted by atomic mass is 32.2. The lowest BCUT2D eigenvalue weighted by atomic mass is 10.1. The lowest BCUT2D eigenvalue weighted by Crippen LogP contribution is -2.40. The van der Waals surface area contributed by atoms with Crippen molar-refractivity contribution in [2.24, 2.45) is 0 Å². The maximum atomic E-state index is 13.7. The molecule has 1 N–H and O–H groups in total. The van der Waals surface area contributed by atoms with Crippen LogP contribution in [0.5, 0.6) is 0 Å². The van der Waals surface area contributed by atoms with Gasteiger partial charge in [0.2, 0.25) is 0 Å². The van der Waals surface area contributed by atoms with Crippen LogP contribution in [0.1, 0.15) is 39.3 Å². The van der Waals surface area contributed by atoms with Crippen LogP contribution >= 0.6 is 0 Å². The van der Waals surface area contributed by atoms with Crippen LogP contribution in [0.2, 0.25) is 0 Å². The van der Waals surface area contributed by atoms with E-state index in [1.165, 1.54) is 0 Å². The third kappa shape index (κ3) is 4.15. The molecule has 19 heavy (non-hydrogen) atoms. The Morgan fingerprint density at radius 2 is 2.00 bits per heavy atom. The normalized spacial score (nSPS) is 15.1. The van der Waals surface area contributed by atoms with Crippen molar-refractivity contribution in [3.63, 3.8) is 0 Å². The Balaban J connectivity index is 2.96. The summed E-state index contributed by atoms with van der Waals surface area (Å²) in [4.78, 5) is 10.1. The van der Waals surface area contributed by atoms with Crippen LogP contribution in [-0.4, -0.2) is 14.2 Å². The van der Waals surface area contributed by atoms with Crippen molar-refractivity contribution < 1.29 is 13.9 Å². The zero-order valence-corrected chi connectivity index (χ0v) is 12.1. The smallest absolute Gasteiger partial charge is 0.269 e. The average Bonchev–Trinajstić information content (AvgIpc) is 2.27. The van der Waals surface area contributed by atoms with Gasteiger partial charge in [-0.3, -0.25) is 10.1 Å². The summed E-state index contributed by atoms with van der Waals surface area (Å²) in [6.45, 7) is 6.97. The summed E-state index contributed by atoms with van der Waals surface area (Å²) < 4.78 is 27.8. The molecule has 0 radical (unpaired) electrons. The molecule has 0 aliphatic carbocycles. The van der Waals surface area contributed by atoms with Crippen LogP contribution in [0.3, 0.4) is 0 Å². The number of nitrogens with zero attached hydrogens (tertiary/aromatic N) is 1. The molecule has 1 aromatic carbocycles. The molecule has 0 saturated heterocycles. The summed E-state index contributed by atoms with van der Waals surface area (Å²) in [5, 5.41) is 10.7. The standard InChI is InChI=1S/C12H17FN2O3S/c1-8(14-19(18)12(2,3)4)10-7-9(15(16)17)5-6-11(10)13/h5-8,14H,1-4H3/t8?,19-/m0/s1. The maximum absolute atomic E-state index is 13.7. The molecule has 5 nitrogen and oxygen atoms in total. The molecule has 0 aliphatic heterocycles. The lowest BCUT2D eigenvalue weighted by Gasteiger charge is -2.26. The first-order chi connectivity index (χ1) is 8.62. The van der Waals surface area contributed by atoms with Gasteiger partial charge in [-0.05, 0) is 33.8 Å². The fourth-order valence-electron chi connectivity index (χ4n) is 1.38. The second-order valence-electron chi connectivity index (χ2n) is 5.18. The van der Waals surface area contributed by atoms with Gasteiger partial charge in [-0.25, -0.2) is 4.39 Å². The molecule has 0 aliphatic rings. The largest absolute Gasteiger partial charge is 0.598 e. The Bertz CT molecular complexity index is 477. The summed E-state index contributed by atoms with van der Waals surface area (Å²) in [5.41, 5.74) is -0.0570. The Morgan fingerprint density at radius 1 is 1.42 bits per heavy atom. The number of rotatable bonds is 4. The van der Waals surface area contributed by atoms with Gasteiger partial charge >= 0.3 is 0 Å². The zero-order valence-electron chi connectivity index (χ0n) is 11.3. The Morgan fingerprint density at radius 3 is 2.47 bits per heavy atom. The molecule has 106 valence electrons. The van der Waals surface area contributed by atoms with E-state index in [1.54, 1.807) is 27.7 Å². The minimum Gasteiger partial charge on any atom is -0.598 e. The molecule has 0 amide bonds. The number of halogens is 1. The maximum Gasteiger partial charge on any atom is 0.269 e. The molecule has 1 aromatic rings. The van der Waals surface area contributed by atoms with E-state index in [0.717, 1.165) is 18.2 Å². The Kier molecular flexibility index (Phi) is 4.89. The first-order valence-corrected chi connectivity index (χ1v) is 6.90. The summed E-state index contributed by atoms with van der Waals surface area (Å²) in [7, 11) is 0. The molecular formula is C12H17FN2O3S. The van der Waals surface area contributed by atoms with E-state index < -0.39 is 32.9 Å². The van der Waals surface area contributed by atoms with Gasteiger partial charge in [0.15, 0.2) is 0 Å². The number of non-ortho nitro benzene ring substituents is 1. The SMILES string of the molecule is CC(N[S@@+]([O-])C(C)(C)C)c1cc([N+](=O)[O-])ccc1F. The van der Waals surface area contributed by atoms with Crippen LogP contribution in [0.15, 0.2) is 18.2 Å². The van der Waals surface area contributed by atoms with Crippen molar-refractivity contribution in [1.29, 1.82) is 0 Å². The van der Waals surface area contributed by atoms with Crippen LogP contribution < -0.4 is 4.72 Å². The topological polar surface area (TPSA) is 78.2 Å². The van der Waals surface area contributed by atoms with Crippen LogP contribution in [0.25, 0.3) is 0 Å².